The number of carbonyl (C=O) groups is 2. The van der Waals surface area contributed by atoms with Gasteiger partial charge in [0.15, 0.2) is 0 Å². The van der Waals surface area contributed by atoms with Crippen LogP contribution in [0.1, 0.15) is 17.0 Å². The molecule has 2 aromatic carbocycles. The number of rotatable bonds is 6. The minimum absolute atomic E-state index is 0.0496. The maximum Gasteiger partial charge on any atom is 0.338 e. The van der Waals surface area contributed by atoms with Gasteiger partial charge in [0.05, 0.1) is 50.0 Å². The normalized spacial score (nSPS) is 15.4. The summed E-state index contributed by atoms with van der Waals surface area (Å²) in [5.74, 6) is -1.42. The lowest BCUT2D eigenvalue weighted by molar-refractivity contribution is -0.136. The molecule has 0 unspecified atom stereocenters. The zero-order valence-corrected chi connectivity index (χ0v) is 20.9. The van der Waals surface area contributed by atoms with Gasteiger partial charge in [-0.2, -0.15) is 0 Å². The summed E-state index contributed by atoms with van der Waals surface area (Å²) in [6, 6.07) is 14.1. The van der Waals surface area contributed by atoms with Gasteiger partial charge in [0.1, 0.15) is 22.0 Å². The summed E-state index contributed by atoms with van der Waals surface area (Å²) >= 11 is 1.07. The molecule has 0 fully saturated rings. The Hall–Kier alpha value is -4.31. The standard InChI is InChI=1S/C26H24N2O7S/c1-32-16-9-5-7-14(11-16)12-18-23(29)28-22(27)20(25(30)34-3)19(15-8-6-10-17(13-15)33-2)21(24(28)36-18)26(31)35-4/h5-13,19H,27H2,1-4H3/b18-12+/t19-/m1/s1. The molecule has 0 aliphatic carbocycles. The molecule has 2 heterocycles. The van der Waals surface area contributed by atoms with Crippen molar-refractivity contribution in [2.45, 2.75) is 5.92 Å². The molecule has 36 heavy (non-hydrogen) atoms. The van der Waals surface area contributed by atoms with Crippen molar-refractivity contribution in [1.82, 2.24) is 4.57 Å². The first kappa shape index (κ1) is 24.8. The Morgan fingerprint density at radius 1 is 0.917 bits per heavy atom. The largest absolute Gasteiger partial charge is 0.497 e. The van der Waals surface area contributed by atoms with Gasteiger partial charge in [-0.1, -0.05) is 24.3 Å². The molecule has 4 rings (SSSR count). The summed E-state index contributed by atoms with van der Waals surface area (Å²) in [7, 11) is 5.50. The number of nitrogens with zero attached hydrogens (tertiary/aromatic N) is 1. The number of thiazole rings is 1. The first-order valence-corrected chi connectivity index (χ1v) is 11.6. The van der Waals surface area contributed by atoms with Crippen molar-refractivity contribution in [2.75, 3.05) is 28.4 Å². The van der Waals surface area contributed by atoms with Crippen LogP contribution in [0.25, 0.3) is 17.5 Å². The van der Waals surface area contributed by atoms with Crippen molar-refractivity contribution in [3.05, 3.63) is 84.8 Å². The van der Waals surface area contributed by atoms with Gasteiger partial charge in [-0.3, -0.25) is 9.36 Å². The summed E-state index contributed by atoms with van der Waals surface area (Å²) in [4.78, 5) is 39.6. The quantitative estimate of drug-likeness (QED) is 0.493. The number of carbonyl (C=O) groups excluding carboxylic acids is 2. The molecule has 0 radical (unpaired) electrons. The second-order valence-electron chi connectivity index (χ2n) is 7.74. The summed E-state index contributed by atoms with van der Waals surface area (Å²) < 4.78 is 22.4. The highest BCUT2D eigenvalue weighted by molar-refractivity contribution is 7.07. The number of nitrogens with two attached hydrogens (primary N) is 1. The molecular weight excluding hydrogens is 484 g/mol. The highest BCUT2D eigenvalue weighted by atomic mass is 32.1. The van der Waals surface area contributed by atoms with Crippen molar-refractivity contribution in [1.29, 1.82) is 0 Å². The summed E-state index contributed by atoms with van der Waals surface area (Å²) in [6.45, 7) is 0. The van der Waals surface area contributed by atoms with Gasteiger partial charge in [-0.05, 0) is 41.5 Å². The molecule has 0 saturated heterocycles. The average molecular weight is 509 g/mol. The minimum atomic E-state index is -0.956. The average Bonchev–Trinajstić information content (AvgIpc) is 3.23. The number of esters is 2. The predicted octanol–water partition coefficient (Wildman–Crippen LogP) is 1.18. The summed E-state index contributed by atoms with van der Waals surface area (Å²) in [5.41, 5.74) is 7.26. The number of aromatic nitrogens is 1. The Kier molecular flexibility index (Phi) is 6.98. The highest BCUT2D eigenvalue weighted by Crippen LogP contribution is 2.38. The van der Waals surface area contributed by atoms with E-state index in [1.54, 1.807) is 55.7 Å². The lowest BCUT2D eigenvalue weighted by Gasteiger charge is -2.26. The van der Waals surface area contributed by atoms with E-state index < -0.39 is 23.4 Å². The SMILES string of the molecule is COC(=O)C1=C(N)n2c(s/c(=C/c3cccc(OC)c3)c2=O)=C(C(=O)OC)[C@@H]1c1cccc(OC)c1. The first-order valence-electron chi connectivity index (χ1n) is 10.8. The molecule has 2 N–H and O–H groups in total. The smallest absolute Gasteiger partial charge is 0.338 e. The van der Waals surface area contributed by atoms with Crippen LogP contribution in [0.3, 0.4) is 0 Å². The van der Waals surface area contributed by atoms with E-state index >= 15 is 0 Å². The maximum atomic E-state index is 13.5. The van der Waals surface area contributed by atoms with Crippen molar-refractivity contribution in [3.8, 4) is 11.5 Å². The Morgan fingerprint density at radius 3 is 2.17 bits per heavy atom. The number of fused-ring (bicyclic) bond motifs is 1. The second-order valence-corrected chi connectivity index (χ2v) is 8.77. The predicted molar refractivity (Wildman–Crippen MR) is 135 cm³/mol. The van der Waals surface area contributed by atoms with Crippen LogP contribution in [0.5, 0.6) is 11.5 Å². The molecule has 0 amide bonds. The van der Waals surface area contributed by atoms with Crippen LogP contribution >= 0.6 is 11.3 Å². The molecule has 1 aliphatic rings. The van der Waals surface area contributed by atoms with Crippen molar-refractivity contribution in [2.24, 2.45) is 5.73 Å². The molecule has 3 aromatic rings. The number of hydrogen-bond donors (Lipinski definition) is 1. The number of methoxy groups -OCH3 is 4. The fraction of sp³-hybridized carbons (Fsp3) is 0.192. The zero-order chi connectivity index (χ0) is 26.0. The molecule has 0 saturated carbocycles. The fourth-order valence-corrected chi connectivity index (χ4v) is 5.27. The van der Waals surface area contributed by atoms with E-state index in [1.165, 1.54) is 21.3 Å². The molecule has 1 aromatic heterocycles. The Bertz CT molecular complexity index is 1570. The second kappa shape index (κ2) is 10.1. The van der Waals surface area contributed by atoms with Crippen molar-refractivity contribution >= 4 is 40.7 Å². The fourth-order valence-electron chi connectivity index (χ4n) is 4.10. The van der Waals surface area contributed by atoms with Gasteiger partial charge in [0, 0.05) is 0 Å². The van der Waals surface area contributed by atoms with E-state index in [2.05, 4.69) is 0 Å². The van der Waals surface area contributed by atoms with E-state index in [0.29, 0.717) is 27.2 Å². The number of ether oxygens (including phenoxy) is 4. The van der Waals surface area contributed by atoms with Crippen LogP contribution in [0.15, 0.2) is 58.9 Å². The topological polar surface area (TPSA) is 119 Å². The molecule has 186 valence electrons. The van der Waals surface area contributed by atoms with Crippen LogP contribution in [0.4, 0.5) is 0 Å². The molecule has 10 heteroatoms. The molecule has 9 nitrogen and oxygen atoms in total. The Labute approximate surface area is 210 Å². The van der Waals surface area contributed by atoms with E-state index in [0.717, 1.165) is 15.9 Å². The third kappa shape index (κ3) is 4.27. The molecular formula is C26H24N2O7S. The maximum absolute atomic E-state index is 13.5. The van der Waals surface area contributed by atoms with E-state index in [1.807, 2.05) is 6.07 Å². The third-order valence-corrected chi connectivity index (χ3v) is 6.89. The van der Waals surface area contributed by atoms with Crippen LogP contribution in [-0.4, -0.2) is 44.9 Å². The Morgan fingerprint density at radius 2 is 1.53 bits per heavy atom. The van der Waals surface area contributed by atoms with Gasteiger partial charge >= 0.3 is 11.9 Å². The Balaban J connectivity index is 2.11. The van der Waals surface area contributed by atoms with Crippen LogP contribution in [0.2, 0.25) is 0 Å². The van der Waals surface area contributed by atoms with Gasteiger partial charge in [-0.15, -0.1) is 11.3 Å². The van der Waals surface area contributed by atoms with Gasteiger partial charge < -0.3 is 24.7 Å². The van der Waals surface area contributed by atoms with Gasteiger partial charge in [0.2, 0.25) is 0 Å². The first-order chi connectivity index (χ1) is 17.3. The summed E-state index contributed by atoms with van der Waals surface area (Å²) in [6.07, 6.45) is 1.67. The molecule has 1 atom stereocenters. The molecule has 1 aliphatic heterocycles. The summed E-state index contributed by atoms with van der Waals surface area (Å²) in [5, 5.41) is 0. The highest BCUT2D eigenvalue weighted by Gasteiger charge is 2.39. The van der Waals surface area contributed by atoms with Gasteiger partial charge in [-0.25, -0.2) is 9.59 Å². The van der Waals surface area contributed by atoms with Crippen molar-refractivity contribution in [3.63, 3.8) is 0 Å². The van der Waals surface area contributed by atoms with E-state index in [-0.39, 0.29) is 21.6 Å². The van der Waals surface area contributed by atoms with Gasteiger partial charge in [0.25, 0.3) is 5.56 Å². The lowest BCUT2D eigenvalue weighted by atomic mass is 9.83. The van der Waals surface area contributed by atoms with Crippen molar-refractivity contribution < 1.29 is 28.5 Å². The van der Waals surface area contributed by atoms with Crippen LogP contribution in [0, 0.1) is 0 Å². The lowest BCUT2D eigenvalue weighted by Crippen LogP contribution is -2.41. The van der Waals surface area contributed by atoms with E-state index in [4.69, 9.17) is 24.7 Å². The van der Waals surface area contributed by atoms with Crippen LogP contribution in [-0.2, 0) is 19.1 Å². The number of benzene rings is 2. The minimum Gasteiger partial charge on any atom is -0.497 e. The monoisotopic (exact) mass is 508 g/mol. The zero-order valence-electron chi connectivity index (χ0n) is 20.1. The molecule has 0 bridgehead atoms. The van der Waals surface area contributed by atoms with E-state index in [9.17, 15) is 14.4 Å². The third-order valence-electron chi connectivity index (χ3n) is 5.78. The number of hydrogen-bond acceptors (Lipinski definition) is 9. The molecule has 0 spiro atoms. The van der Waals surface area contributed by atoms with Crippen LogP contribution < -0.4 is 30.0 Å².